The summed E-state index contributed by atoms with van der Waals surface area (Å²) >= 11 is 0. The van der Waals surface area contributed by atoms with Gasteiger partial charge in [-0.3, -0.25) is 0 Å². The fourth-order valence-corrected chi connectivity index (χ4v) is 1.73. The lowest BCUT2D eigenvalue weighted by Gasteiger charge is -2.02. The average molecular weight is 239 g/mol. The number of unbranched alkanes of at least 4 members (excludes halogenated alkanes) is 2. The number of hydrogen-bond donors (Lipinski definition) is 1. The molecule has 0 amide bonds. The zero-order valence-corrected chi connectivity index (χ0v) is 11.1. The summed E-state index contributed by atoms with van der Waals surface area (Å²) in [5, 5.41) is 3.36. The van der Waals surface area contributed by atoms with Gasteiger partial charge in [0.15, 0.2) is 0 Å². The number of methoxy groups -OCH3 is 1. The van der Waals surface area contributed by atoms with Crippen molar-refractivity contribution in [3.8, 4) is 0 Å². The Hall–Kier alpha value is -0.870. The molecule has 17 heavy (non-hydrogen) atoms. The first-order chi connectivity index (χ1) is 8.36. The number of hydrogen-bond acceptors (Lipinski definition) is 3. The largest absolute Gasteiger partial charge is 0.385 e. The molecule has 1 aromatic rings. The van der Waals surface area contributed by atoms with E-state index in [0.717, 1.165) is 38.4 Å². The molecule has 4 heteroatoms. The van der Waals surface area contributed by atoms with Gasteiger partial charge in [0.2, 0.25) is 0 Å². The Morgan fingerprint density at radius 1 is 1.35 bits per heavy atom. The van der Waals surface area contributed by atoms with Crippen molar-refractivity contribution < 1.29 is 4.74 Å². The third-order valence-electron chi connectivity index (χ3n) is 2.68. The fourth-order valence-electron chi connectivity index (χ4n) is 1.73. The van der Waals surface area contributed by atoms with E-state index in [1.54, 1.807) is 7.11 Å². The van der Waals surface area contributed by atoms with Crippen LogP contribution in [0, 0.1) is 0 Å². The monoisotopic (exact) mass is 239 g/mol. The van der Waals surface area contributed by atoms with Crippen LogP contribution in [0.25, 0.3) is 0 Å². The number of nitrogens with one attached hydrogen (secondary N) is 1. The number of nitrogens with zero attached hydrogens (tertiary/aromatic N) is 2. The molecular formula is C13H25N3O. The predicted octanol–water partition coefficient (Wildman–Crippen LogP) is 2.20. The van der Waals surface area contributed by atoms with Crippen LogP contribution in [0.1, 0.15) is 38.3 Å². The molecule has 0 saturated carbocycles. The van der Waals surface area contributed by atoms with Crippen LogP contribution in [0.5, 0.6) is 0 Å². The second-order valence-corrected chi connectivity index (χ2v) is 4.33. The minimum Gasteiger partial charge on any atom is -0.385 e. The Kier molecular flexibility index (Phi) is 7.67. The van der Waals surface area contributed by atoms with Gasteiger partial charge in [-0.1, -0.05) is 6.92 Å². The number of aromatic nitrogens is 2. The van der Waals surface area contributed by atoms with Gasteiger partial charge in [-0.2, -0.15) is 0 Å². The Morgan fingerprint density at radius 3 is 3.00 bits per heavy atom. The van der Waals surface area contributed by atoms with Gasteiger partial charge < -0.3 is 14.6 Å². The Balaban J connectivity index is 2.12. The van der Waals surface area contributed by atoms with Crippen molar-refractivity contribution in [2.45, 2.75) is 45.7 Å². The van der Waals surface area contributed by atoms with Crippen molar-refractivity contribution in [1.82, 2.24) is 14.9 Å². The Labute approximate surface area is 104 Å². The van der Waals surface area contributed by atoms with Gasteiger partial charge in [0.05, 0.1) is 12.0 Å². The minimum absolute atomic E-state index is 0.871. The molecule has 0 radical (unpaired) electrons. The lowest BCUT2D eigenvalue weighted by Crippen LogP contribution is -2.13. The van der Waals surface area contributed by atoms with E-state index in [4.69, 9.17) is 4.74 Å². The van der Waals surface area contributed by atoms with Crippen LogP contribution in [0.4, 0.5) is 0 Å². The van der Waals surface area contributed by atoms with E-state index < -0.39 is 0 Å². The third kappa shape index (κ3) is 6.44. The molecular weight excluding hydrogens is 214 g/mol. The minimum atomic E-state index is 0.871. The highest BCUT2D eigenvalue weighted by atomic mass is 16.5. The van der Waals surface area contributed by atoms with Crippen LogP contribution in [0.2, 0.25) is 0 Å². The molecule has 0 unspecified atom stereocenters. The van der Waals surface area contributed by atoms with Gasteiger partial charge in [-0.05, 0) is 32.2 Å². The summed E-state index contributed by atoms with van der Waals surface area (Å²) in [6.07, 6.45) is 8.80. The SMILES string of the molecule is CCCNCc1cn(CCCCCOC)cn1. The molecule has 0 aliphatic rings. The normalized spacial score (nSPS) is 10.9. The topological polar surface area (TPSA) is 39.1 Å². The van der Waals surface area contributed by atoms with Crippen LogP contribution in [0.15, 0.2) is 12.5 Å². The van der Waals surface area contributed by atoms with Crippen LogP contribution in [0.3, 0.4) is 0 Å². The molecule has 0 bridgehead atoms. The first-order valence-electron chi connectivity index (χ1n) is 6.57. The van der Waals surface area contributed by atoms with Crippen molar-refractivity contribution in [2.75, 3.05) is 20.3 Å². The van der Waals surface area contributed by atoms with E-state index in [1.807, 2.05) is 6.33 Å². The zero-order valence-electron chi connectivity index (χ0n) is 11.1. The summed E-state index contributed by atoms with van der Waals surface area (Å²) in [5.41, 5.74) is 1.13. The summed E-state index contributed by atoms with van der Waals surface area (Å²) in [7, 11) is 1.76. The molecule has 1 heterocycles. The van der Waals surface area contributed by atoms with Gasteiger partial charge in [-0.25, -0.2) is 4.98 Å². The van der Waals surface area contributed by atoms with Crippen LogP contribution in [-0.4, -0.2) is 29.8 Å². The highest BCUT2D eigenvalue weighted by molar-refractivity contribution is 4.95. The maximum Gasteiger partial charge on any atom is 0.0949 e. The standard InChI is InChI=1S/C13H25N3O/c1-3-7-14-10-13-11-16(12-15-13)8-5-4-6-9-17-2/h11-12,14H,3-10H2,1-2H3. The van der Waals surface area contributed by atoms with E-state index in [0.29, 0.717) is 0 Å². The second kappa shape index (κ2) is 9.19. The Bertz CT molecular complexity index is 286. The summed E-state index contributed by atoms with van der Waals surface area (Å²) in [4.78, 5) is 4.38. The number of aryl methyl sites for hydroxylation is 1. The van der Waals surface area contributed by atoms with E-state index in [9.17, 15) is 0 Å². The van der Waals surface area contributed by atoms with Crippen LogP contribution >= 0.6 is 0 Å². The van der Waals surface area contributed by atoms with Crippen molar-refractivity contribution >= 4 is 0 Å². The molecule has 0 aliphatic heterocycles. The van der Waals surface area contributed by atoms with Gasteiger partial charge in [0.1, 0.15) is 0 Å². The van der Waals surface area contributed by atoms with E-state index in [1.165, 1.54) is 19.3 Å². The molecule has 0 aromatic carbocycles. The van der Waals surface area contributed by atoms with E-state index in [-0.39, 0.29) is 0 Å². The number of imidazole rings is 1. The second-order valence-electron chi connectivity index (χ2n) is 4.33. The third-order valence-corrected chi connectivity index (χ3v) is 2.68. The summed E-state index contributed by atoms with van der Waals surface area (Å²) in [6.45, 7) is 6.04. The van der Waals surface area contributed by atoms with Crippen molar-refractivity contribution in [1.29, 1.82) is 0 Å². The van der Waals surface area contributed by atoms with Gasteiger partial charge in [-0.15, -0.1) is 0 Å². The highest BCUT2D eigenvalue weighted by Crippen LogP contribution is 2.01. The van der Waals surface area contributed by atoms with Crippen LogP contribution in [-0.2, 0) is 17.8 Å². The molecule has 4 nitrogen and oxygen atoms in total. The first kappa shape index (κ1) is 14.2. The molecule has 0 spiro atoms. The van der Waals surface area contributed by atoms with Crippen molar-refractivity contribution in [3.05, 3.63) is 18.2 Å². The van der Waals surface area contributed by atoms with Gasteiger partial charge >= 0.3 is 0 Å². The molecule has 98 valence electrons. The number of rotatable bonds is 10. The summed E-state index contributed by atoms with van der Waals surface area (Å²) in [6, 6.07) is 0. The lowest BCUT2D eigenvalue weighted by molar-refractivity contribution is 0.191. The Morgan fingerprint density at radius 2 is 2.24 bits per heavy atom. The smallest absolute Gasteiger partial charge is 0.0949 e. The van der Waals surface area contributed by atoms with Gasteiger partial charge in [0, 0.05) is 33.0 Å². The summed E-state index contributed by atoms with van der Waals surface area (Å²) in [5.74, 6) is 0. The van der Waals surface area contributed by atoms with E-state index in [2.05, 4.69) is 28.0 Å². The van der Waals surface area contributed by atoms with Crippen LogP contribution < -0.4 is 5.32 Å². The number of ether oxygens (including phenoxy) is 1. The quantitative estimate of drug-likeness (QED) is 0.636. The fraction of sp³-hybridized carbons (Fsp3) is 0.769. The molecule has 0 aliphatic carbocycles. The molecule has 0 saturated heterocycles. The van der Waals surface area contributed by atoms with Crippen molar-refractivity contribution in [2.24, 2.45) is 0 Å². The maximum absolute atomic E-state index is 5.03. The maximum atomic E-state index is 5.03. The van der Waals surface area contributed by atoms with Crippen molar-refractivity contribution in [3.63, 3.8) is 0 Å². The van der Waals surface area contributed by atoms with E-state index >= 15 is 0 Å². The molecule has 1 rings (SSSR count). The lowest BCUT2D eigenvalue weighted by atomic mass is 10.2. The highest BCUT2D eigenvalue weighted by Gasteiger charge is 1.98. The first-order valence-corrected chi connectivity index (χ1v) is 6.57. The summed E-state index contributed by atoms with van der Waals surface area (Å²) < 4.78 is 7.20. The molecule has 0 atom stereocenters. The van der Waals surface area contributed by atoms with Gasteiger partial charge in [0.25, 0.3) is 0 Å². The molecule has 1 N–H and O–H groups in total. The molecule has 1 aromatic heterocycles. The molecule has 0 fully saturated rings. The zero-order chi connectivity index (χ0) is 12.3. The average Bonchev–Trinajstić information content (AvgIpc) is 2.77. The predicted molar refractivity (Wildman–Crippen MR) is 70.0 cm³/mol.